The summed E-state index contributed by atoms with van der Waals surface area (Å²) in [6.45, 7) is 0. The van der Waals surface area contributed by atoms with Crippen molar-refractivity contribution in [3.63, 3.8) is 0 Å². The third kappa shape index (κ3) is 2.67. The van der Waals surface area contributed by atoms with E-state index in [9.17, 15) is 4.39 Å². The summed E-state index contributed by atoms with van der Waals surface area (Å²) < 4.78 is 18.5. The second-order valence-electron chi connectivity index (χ2n) is 4.91. The topological polar surface area (TPSA) is 35.2 Å². The van der Waals surface area contributed by atoms with Crippen LogP contribution in [0.5, 0.6) is 0 Å². The first-order chi connectivity index (χ1) is 8.16. The first-order valence-electron chi connectivity index (χ1n) is 6.21. The molecule has 1 atom stereocenters. The lowest BCUT2D eigenvalue weighted by atomic mass is 9.88. The van der Waals surface area contributed by atoms with E-state index in [-0.39, 0.29) is 17.5 Å². The maximum absolute atomic E-state index is 12.8. The molecule has 1 saturated carbocycles. The molecule has 0 bridgehead atoms. The Morgan fingerprint density at radius 2 is 1.88 bits per heavy atom. The molecule has 2 N–H and O–H groups in total. The highest BCUT2D eigenvalue weighted by Crippen LogP contribution is 2.35. The van der Waals surface area contributed by atoms with Gasteiger partial charge in [-0.1, -0.05) is 25.0 Å². The highest BCUT2D eigenvalue weighted by molar-refractivity contribution is 5.18. The second-order valence-corrected chi connectivity index (χ2v) is 4.91. The van der Waals surface area contributed by atoms with E-state index in [1.54, 1.807) is 19.2 Å². The Morgan fingerprint density at radius 1 is 1.29 bits per heavy atom. The van der Waals surface area contributed by atoms with Gasteiger partial charge in [-0.05, 0) is 37.0 Å². The van der Waals surface area contributed by atoms with Crippen LogP contribution in [0.15, 0.2) is 24.3 Å². The van der Waals surface area contributed by atoms with E-state index in [1.165, 1.54) is 25.0 Å². The van der Waals surface area contributed by atoms with Crippen LogP contribution in [0.25, 0.3) is 0 Å². The standard InChI is InChI=1S/C14H20FNO/c1-17-14(8-2-3-9-14)13(16)10-11-4-6-12(15)7-5-11/h4-7,13H,2-3,8-10,16H2,1H3. The fraction of sp³-hybridized carbons (Fsp3) is 0.571. The molecule has 94 valence electrons. The van der Waals surface area contributed by atoms with Crippen LogP contribution in [-0.4, -0.2) is 18.8 Å². The van der Waals surface area contributed by atoms with E-state index < -0.39 is 0 Å². The molecule has 2 rings (SSSR count). The summed E-state index contributed by atoms with van der Waals surface area (Å²) in [4.78, 5) is 0. The number of halogens is 1. The van der Waals surface area contributed by atoms with Crippen LogP contribution in [0.1, 0.15) is 31.2 Å². The van der Waals surface area contributed by atoms with Crippen LogP contribution in [-0.2, 0) is 11.2 Å². The van der Waals surface area contributed by atoms with E-state index in [1.807, 2.05) is 0 Å². The lowest BCUT2D eigenvalue weighted by Crippen LogP contribution is -2.48. The molecule has 0 radical (unpaired) electrons. The molecule has 0 aliphatic heterocycles. The van der Waals surface area contributed by atoms with Crippen molar-refractivity contribution in [2.75, 3.05) is 7.11 Å². The van der Waals surface area contributed by atoms with E-state index in [4.69, 9.17) is 10.5 Å². The van der Waals surface area contributed by atoms with Gasteiger partial charge in [-0.2, -0.15) is 0 Å². The van der Waals surface area contributed by atoms with Gasteiger partial charge in [0.25, 0.3) is 0 Å². The van der Waals surface area contributed by atoms with Crippen molar-refractivity contribution < 1.29 is 9.13 Å². The van der Waals surface area contributed by atoms with Gasteiger partial charge in [0.05, 0.1) is 5.60 Å². The molecule has 0 spiro atoms. The Kier molecular flexibility index (Phi) is 3.79. The van der Waals surface area contributed by atoms with Crippen LogP contribution in [0, 0.1) is 5.82 Å². The normalized spacial score (nSPS) is 20.4. The van der Waals surface area contributed by atoms with Gasteiger partial charge in [0.1, 0.15) is 5.82 Å². The van der Waals surface area contributed by atoms with Crippen LogP contribution in [0.2, 0.25) is 0 Å². The molecular weight excluding hydrogens is 217 g/mol. The SMILES string of the molecule is COC1(C(N)Cc2ccc(F)cc2)CCCC1. The number of nitrogens with two attached hydrogens (primary N) is 1. The highest BCUT2D eigenvalue weighted by Gasteiger charge is 2.39. The van der Waals surface area contributed by atoms with Crippen molar-refractivity contribution in [2.45, 2.75) is 43.7 Å². The van der Waals surface area contributed by atoms with E-state index in [2.05, 4.69) is 0 Å². The zero-order valence-electron chi connectivity index (χ0n) is 10.3. The third-order valence-corrected chi connectivity index (χ3v) is 3.90. The third-order valence-electron chi connectivity index (χ3n) is 3.90. The van der Waals surface area contributed by atoms with Crippen molar-refractivity contribution in [1.29, 1.82) is 0 Å². The number of hydrogen-bond donors (Lipinski definition) is 1. The smallest absolute Gasteiger partial charge is 0.123 e. The zero-order chi connectivity index (χ0) is 12.3. The maximum Gasteiger partial charge on any atom is 0.123 e. The summed E-state index contributed by atoms with van der Waals surface area (Å²) >= 11 is 0. The molecule has 0 aromatic heterocycles. The molecule has 3 heteroatoms. The average molecular weight is 237 g/mol. The summed E-state index contributed by atoms with van der Waals surface area (Å²) in [5, 5.41) is 0. The molecule has 1 fully saturated rings. The largest absolute Gasteiger partial charge is 0.377 e. The van der Waals surface area contributed by atoms with E-state index in [0.717, 1.165) is 24.8 Å². The monoisotopic (exact) mass is 237 g/mol. The predicted octanol–water partition coefficient (Wildman–Crippen LogP) is 2.65. The minimum absolute atomic E-state index is 0.0135. The van der Waals surface area contributed by atoms with Crippen molar-refractivity contribution in [1.82, 2.24) is 0 Å². The summed E-state index contributed by atoms with van der Waals surface area (Å²) in [6.07, 6.45) is 5.18. The summed E-state index contributed by atoms with van der Waals surface area (Å²) in [7, 11) is 1.75. The maximum atomic E-state index is 12.8. The Balaban J connectivity index is 2.05. The molecule has 1 unspecified atom stereocenters. The van der Waals surface area contributed by atoms with E-state index >= 15 is 0 Å². The van der Waals surface area contributed by atoms with E-state index in [0.29, 0.717) is 0 Å². The van der Waals surface area contributed by atoms with Gasteiger partial charge in [-0.25, -0.2) is 4.39 Å². The fourth-order valence-corrected chi connectivity index (χ4v) is 2.76. The average Bonchev–Trinajstić information content (AvgIpc) is 2.82. The van der Waals surface area contributed by atoms with Gasteiger partial charge in [0.15, 0.2) is 0 Å². The number of ether oxygens (including phenoxy) is 1. The Morgan fingerprint density at radius 3 is 2.41 bits per heavy atom. The van der Waals surface area contributed by atoms with Gasteiger partial charge < -0.3 is 10.5 Å². The lowest BCUT2D eigenvalue weighted by molar-refractivity contribution is -0.0253. The molecule has 1 aliphatic rings. The summed E-state index contributed by atoms with van der Waals surface area (Å²) in [5.41, 5.74) is 7.18. The van der Waals surface area contributed by atoms with Crippen molar-refractivity contribution in [3.05, 3.63) is 35.6 Å². The Labute approximate surface area is 102 Å². The molecule has 2 nitrogen and oxygen atoms in total. The minimum atomic E-state index is -0.204. The first kappa shape index (κ1) is 12.5. The minimum Gasteiger partial charge on any atom is -0.377 e. The highest BCUT2D eigenvalue weighted by atomic mass is 19.1. The predicted molar refractivity (Wildman–Crippen MR) is 66.3 cm³/mol. The number of benzene rings is 1. The first-order valence-corrected chi connectivity index (χ1v) is 6.21. The molecule has 0 amide bonds. The molecule has 1 aromatic rings. The number of rotatable bonds is 4. The van der Waals surface area contributed by atoms with Gasteiger partial charge in [-0.3, -0.25) is 0 Å². The molecule has 1 aliphatic carbocycles. The van der Waals surface area contributed by atoms with Crippen molar-refractivity contribution >= 4 is 0 Å². The van der Waals surface area contributed by atoms with Gasteiger partial charge in [0.2, 0.25) is 0 Å². The van der Waals surface area contributed by atoms with Crippen LogP contribution in [0.3, 0.4) is 0 Å². The van der Waals surface area contributed by atoms with Gasteiger partial charge in [-0.15, -0.1) is 0 Å². The molecular formula is C14H20FNO. The summed E-state index contributed by atoms with van der Waals surface area (Å²) in [6, 6.07) is 6.55. The van der Waals surface area contributed by atoms with Crippen molar-refractivity contribution in [2.24, 2.45) is 5.73 Å². The summed E-state index contributed by atoms with van der Waals surface area (Å²) in [5.74, 6) is -0.204. The van der Waals surface area contributed by atoms with Gasteiger partial charge in [0, 0.05) is 13.2 Å². The number of methoxy groups -OCH3 is 1. The second kappa shape index (κ2) is 5.15. The van der Waals surface area contributed by atoms with Crippen LogP contribution in [0.4, 0.5) is 4.39 Å². The van der Waals surface area contributed by atoms with Crippen molar-refractivity contribution in [3.8, 4) is 0 Å². The molecule has 1 aromatic carbocycles. The number of hydrogen-bond acceptors (Lipinski definition) is 2. The lowest BCUT2D eigenvalue weighted by Gasteiger charge is -2.34. The quantitative estimate of drug-likeness (QED) is 0.873. The Bertz CT molecular complexity index is 357. The zero-order valence-corrected chi connectivity index (χ0v) is 10.3. The fourth-order valence-electron chi connectivity index (χ4n) is 2.76. The van der Waals surface area contributed by atoms with Crippen LogP contribution >= 0.6 is 0 Å². The molecule has 17 heavy (non-hydrogen) atoms. The van der Waals surface area contributed by atoms with Crippen LogP contribution < -0.4 is 5.73 Å². The van der Waals surface area contributed by atoms with Gasteiger partial charge >= 0.3 is 0 Å². The molecule has 0 saturated heterocycles. The molecule has 0 heterocycles. The Hall–Kier alpha value is -0.930.